The van der Waals surface area contributed by atoms with Crippen molar-refractivity contribution in [2.45, 2.75) is 0 Å². The molecule has 0 fully saturated rings. The maximum Gasteiger partial charge on any atom is 0.265 e. The lowest BCUT2D eigenvalue weighted by molar-refractivity contribution is 0.460. The number of anilines is 1. The Morgan fingerprint density at radius 2 is 2.20 bits per heavy atom. The number of aromatic nitrogens is 3. The first kappa shape index (κ1) is 12.9. The highest BCUT2D eigenvalue weighted by Crippen LogP contribution is 2.27. The highest BCUT2D eigenvalue weighted by Gasteiger charge is 2.10. The lowest BCUT2D eigenvalue weighted by Crippen LogP contribution is -1.99. The van der Waals surface area contributed by atoms with E-state index in [0.29, 0.717) is 27.6 Å². The zero-order chi connectivity index (χ0) is 14.1. The zero-order valence-electron chi connectivity index (χ0n) is 10.5. The Balaban J connectivity index is 2.07. The van der Waals surface area contributed by atoms with Crippen LogP contribution in [0.1, 0.15) is 0 Å². The minimum absolute atomic E-state index is 0.305. The van der Waals surface area contributed by atoms with Crippen molar-refractivity contribution in [3.8, 4) is 11.6 Å². The third kappa shape index (κ3) is 2.44. The van der Waals surface area contributed by atoms with E-state index < -0.39 is 5.82 Å². The molecule has 0 aliphatic rings. The fourth-order valence-corrected chi connectivity index (χ4v) is 2.24. The topological polar surface area (TPSA) is 51.5 Å². The van der Waals surface area contributed by atoms with E-state index in [4.69, 9.17) is 4.74 Å². The maximum atomic E-state index is 13.4. The average Bonchev–Trinajstić information content (AvgIpc) is 2.85. The van der Waals surface area contributed by atoms with Crippen molar-refractivity contribution in [1.29, 1.82) is 0 Å². The number of hydrogen-bond acceptors (Lipinski definition) is 4. The molecule has 1 N–H and O–H groups in total. The molecule has 7 heteroatoms. The number of halogens is 2. The molecule has 3 aromatic rings. The normalized spacial score (nSPS) is 10.8. The minimum Gasteiger partial charge on any atom is -0.436 e. The molecule has 2 heterocycles. The molecule has 0 bridgehead atoms. The predicted octanol–water partition coefficient (Wildman–Crippen LogP) is 3.46. The zero-order valence-corrected chi connectivity index (χ0v) is 12.1. The fraction of sp³-hybridized carbons (Fsp3) is 0.0769. The van der Waals surface area contributed by atoms with Crippen LogP contribution in [0.3, 0.4) is 0 Å². The average molecular weight is 337 g/mol. The third-order valence-electron chi connectivity index (χ3n) is 2.65. The van der Waals surface area contributed by atoms with Crippen LogP contribution >= 0.6 is 15.9 Å². The summed E-state index contributed by atoms with van der Waals surface area (Å²) in [7, 11) is 1.76. The van der Waals surface area contributed by atoms with E-state index >= 15 is 0 Å². The van der Waals surface area contributed by atoms with Crippen LogP contribution in [0.15, 0.2) is 41.3 Å². The summed E-state index contributed by atoms with van der Waals surface area (Å²) in [5.41, 5.74) is 0.560. The van der Waals surface area contributed by atoms with Crippen molar-refractivity contribution >= 4 is 27.4 Å². The van der Waals surface area contributed by atoms with E-state index in [1.807, 2.05) is 0 Å². The van der Waals surface area contributed by atoms with Gasteiger partial charge in [0.25, 0.3) is 5.88 Å². The first-order valence-corrected chi connectivity index (χ1v) is 6.60. The van der Waals surface area contributed by atoms with Crippen LogP contribution in [0.4, 0.5) is 10.2 Å². The van der Waals surface area contributed by atoms with E-state index in [2.05, 4.69) is 31.2 Å². The van der Waals surface area contributed by atoms with Gasteiger partial charge in [0.05, 0.1) is 6.20 Å². The molecule has 0 aliphatic carbocycles. The second-order valence-corrected chi connectivity index (χ2v) is 4.96. The highest BCUT2D eigenvalue weighted by atomic mass is 79.9. The van der Waals surface area contributed by atoms with Crippen molar-refractivity contribution in [1.82, 2.24) is 14.4 Å². The van der Waals surface area contributed by atoms with Gasteiger partial charge in [-0.25, -0.2) is 9.37 Å². The summed E-state index contributed by atoms with van der Waals surface area (Å²) in [5, 5.41) is 2.93. The first-order valence-electron chi connectivity index (χ1n) is 5.81. The standard InChI is InChI=1S/C13H10BrFN4O/c1-16-11-7-19-3-2-17-12(19)13(18-11)20-10-5-8(14)4-9(15)6-10/h2-7,16H,1H3. The highest BCUT2D eigenvalue weighted by molar-refractivity contribution is 9.10. The second-order valence-electron chi connectivity index (χ2n) is 4.05. The van der Waals surface area contributed by atoms with Crippen molar-refractivity contribution in [3.05, 3.63) is 47.1 Å². The molecule has 0 unspecified atom stereocenters. The molecule has 5 nitrogen and oxygen atoms in total. The van der Waals surface area contributed by atoms with Crippen LogP contribution in [0.25, 0.3) is 5.65 Å². The molecular weight excluding hydrogens is 327 g/mol. The SMILES string of the molecule is CNc1cn2ccnc2c(Oc2cc(F)cc(Br)c2)n1. The Labute approximate surface area is 122 Å². The van der Waals surface area contributed by atoms with Gasteiger partial charge in [0, 0.05) is 30.0 Å². The molecule has 20 heavy (non-hydrogen) atoms. The number of nitrogens with zero attached hydrogens (tertiary/aromatic N) is 3. The molecule has 2 aromatic heterocycles. The molecule has 1 aromatic carbocycles. The number of ether oxygens (including phenoxy) is 1. The predicted molar refractivity (Wildman–Crippen MR) is 76.7 cm³/mol. The van der Waals surface area contributed by atoms with Gasteiger partial charge in [0.2, 0.25) is 5.65 Å². The minimum atomic E-state index is -0.390. The summed E-state index contributed by atoms with van der Waals surface area (Å²) in [6.45, 7) is 0. The van der Waals surface area contributed by atoms with Gasteiger partial charge in [-0.2, -0.15) is 4.98 Å². The van der Waals surface area contributed by atoms with Crippen molar-refractivity contribution in [2.24, 2.45) is 0 Å². The van der Waals surface area contributed by atoms with Crippen LogP contribution in [0.5, 0.6) is 11.6 Å². The molecule has 3 rings (SSSR count). The van der Waals surface area contributed by atoms with E-state index in [1.54, 1.807) is 36.1 Å². The molecule has 0 atom stereocenters. The third-order valence-corrected chi connectivity index (χ3v) is 3.11. The molecular formula is C13H10BrFN4O. The molecule has 0 spiro atoms. The smallest absolute Gasteiger partial charge is 0.265 e. The van der Waals surface area contributed by atoms with E-state index in [0.717, 1.165) is 0 Å². The number of benzene rings is 1. The Bertz CT molecular complexity index is 754. The Kier molecular flexibility index (Phi) is 3.27. The van der Waals surface area contributed by atoms with Gasteiger partial charge in [-0.1, -0.05) is 15.9 Å². The number of hydrogen-bond donors (Lipinski definition) is 1. The molecule has 0 radical (unpaired) electrons. The van der Waals surface area contributed by atoms with Gasteiger partial charge in [0.15, 0.2) is 0 Å². The Morgan fingerprint density at radius 1 is 1.35 bits per heavy atom. The van der Waals surface area contributed by atoms with Gasteiger partial charge in [-0.15, -0.1) is 0 Å². The lowest BCUT2D eigenvalue weighted by Gasteiger charge is -2.09. The Hall–Kier alpha value is -2.15. The van der Waals surface area contributed by atoms with Gasteiger partial charge in [-0.05, 0) is 12.1 Å². The van der Waals surface area contributed by atoms with Crippen molar-refractivity contribution in [2.75, 3.05) is 12.4 Å². The quantitative estimate of drug-likeness (QED) is 0.795. The number of rotatable bonds is 3. The van der Waals surface area contributed by atoms with Crippen molar-refractivity contribution in [3.63, 3.8) is 0 Å². The summed E-state index contributed by atoms with van der Waals surface area (Å²) in [6.07, 6.45) is 5.22. The van der Waals surface area contributed by atoms with Crippen LogP contribution in [0, 0.1) is 5.82 Å². The Morgan fingerprint density at radius 3 is 2.95 bits per heavy atom. The van der Waals surface area contributed by atoms with Crippen LogP contribution in [-0.2, 0) is 0 Å². The molecule has 102 valence electrons. The van der Waals surface area contributed by atoms with Gasteiger partial charge in [0.1, 0.15) is 17.4 Å². The van der Waals surface area contributed by atoms with Crippen molar-refractivity contribution < 1.29 is 9.13 Å². The number of fused-ring (bicyclic) bond motifs is 1. The summed E-state index contributed by atoms with van der Waals surface area (Å²) >= 11 is 3.22. The van der Waals surface area contributed by atoms with E-state index in [9.17, 15) is 4.39 Å². The largest absolute Gasteiger partial charge is 0.436 e. The summed E-state index contributed by atoms with van der Waals surface area (Å²) in [5.74, 6) is 0.890. The van der Waals surface area contributed by atoms with Crippen LogP contribution < -0.4 is 10.1 Å². The first-order chi connectivity index (χ1) is 9.65. The summed E-state index contributed by atoms with van der Waals surface area (Å²) in [4.78, 5) is 8.47. The number of imidazole rings is 1. The van der Waals surface area contributed by atoms with Gasteiger partial charge < -0.3 is 10.1 Å². The van der Waals surface area contributed by atoms with E-state index in [-0.39, 0.29) is 0 Å². The number of nitrogens with one attached hydrogen (secondary N) is 1. The van der Waals surface area contributed by atoms with Gasteiger partial charge in [-0.3, -0.25) is 4.40 Å². The summed E-state index contributed by atoms with van der Waals surface area (Å²) < 4.78 is 21.4. The van der Waals surface area contributed by atoms with Crippen LogP contribution in [-0.4, -0.2) is 21.4 Å². The lowest BCUT2D eigenvalue weighted by atomic mass is 10.3. The molecule has 0 amide bonds. The second kappa shape index (κ2) is 5.09. The van der Waals surface area contributed by atoms with Gasteiger partial charge >= 0.3 is 0 Å². The fourth-order valence-electron chi connectivity index (χ4n) is 1.79. The molecule has 0 saturated heterocycles. The monoisotopic (exact) mass is 336 g/mol. The summed E-state index contributed by atoms with van der Waals surface area (Å²) in [6, 6.07) is 4.31. The van der Waals surface area contributed by atoms with E-state index in [1.165, 1.54) is 12.1 Å². The molecule has 0 aliphatic heterocycles. The molecule has 0 saturated carbocycles. The maximum absolute atomic E-state index is 13.4. The van der Waals surface area contributed by atoms with Crippen LogP contribution in [0.2, 0.25) is 0 Å².